The maximum atomic E-state index is 14.4. The Balaban J connectivity index is 1.76. The van der Waals surface area contributed by atoms with Gasteiger partial charge in [0.25, 0.3) is 0 Å². The molecule has 1 aliphatic heterocycles. The number of carbonyl (C=O) groups is 1. The molecule has 2 atom stereocenters. The van der Waals surface area contributed by atoms with Crippen LogP contribution in [0.2, 0.25) is 5.02 Å². The van der Waals surface area contributed by atoms with Crippen molar-refractivity contribution in [2.45, 2.75) is 45.8 Å². The van der Waals surface area contributed by atoms with Crippen molar-refractivity contribution in [2.24, 2.45) is 0 Å². The van der Waals surface area contributed by atoms with Crippen molar-refractivity contribution >= 4 is 28.9 Å². The van der Waals surface area contributed by atoms with E-state index in [1.807, 2.05) is 84.4 Å². The van der Waals surface area contributed by atoms with E-state index in [2.05, 4.69) is 13.5 Å². The zero-order chi connectivity index (χ0) is 30.4. The first kappa shape index (κ1) is 30.9. The molecule has 0 saturated heterocycles. The molecule has 0 fully saturated rings. The Morgan fingerprint density at radius 3 is 2.45 bits per heavy atom. The third-order valence-corrected chi connectivity index (χ3v) is 7.78. The van der Waals surface area contributed by atoms with Crippen LogP contribution in [0.1, 0.15) is 49.9 Å². The molecule has 0 spiro atoms. The molecular weight excluding hydrogens is 551 g/mol. The van der Waals surface area contributed by atoms with Gasteiger partial charge in [-0.3, -0.25) is 4.79 Å². The highest BCUT2D eigenvalue weighted by Gasteiger charge is 2.36. The van der Waals surface area contributed by atoms with Crippen molar-refractivity contribution in [3.63, 3.8) is 0 Å². The highest BCUT2D eigenvalue weighted by Crippen LogP contribution is 2.44. The summed E-state index contributed by atoms with van der Waals surface area (Å²) in [6, 6.07) is 18.9. The monoisotopic (exact) mass is 588 g/mol. The average Bonchev–Trinajstić information content (AvgIpc) is 3.00. The van der Waals surface area contributed by atoms with E-state index in [1.165, 1.54) is 6.08 Å². The molecule has 1 aliphatic rings. The van der Waals surface area contributed by atoms with Crippen LogP contribution in [-0.4, -0.2) is 32.7 Å². The van der Waals surface area contributed by atoms with E-state index >= 15 is 0 Å². The standard InChI is InChI=1S/C35H38ClFN2O3/c1-7-10-25(31(37)9-3)22-38(5)28-15-17-29(18-16-28)39-34(40)20-26-19-32(41-6)33(42-23(4)8-2)21-30(26)35(39)24-11-13-27(36)14-12-24/h7,9-19,21,23,35H,1,8,20,22H2,2-6H3/b25-10-,31-9+/t23-,35?/m1/s1. The molecule has 4 rings (SSSR count). The highest BCUT2D eigenvalue weighted by molar-refractivity contribution is 6.30. The molecule has 0 radical (unpaired) electrons. The molecule has 5 nitrogen and oxygen atoms in total. The van der Waals surface area contributed by atoms with Crippen molar-refractivity contribution in [1.82, 2.24) is 0 Å². The molecule has 1 heterocycles. The van der Waals surface area contributed by atoms with Gasteiger partial charge in [0, 0.05) is 35.6 Å². The first-order chi connectivity index (χ1) is 20.2. The number of amides is 1. The Bertz CT molecular complexity index is 1480. The number of likely N-dealkylation sites (N-methyl/N-ethyl adjacent to an activating group) is 1. The zero-order valence-corrected chi connectivity index (χ0v) is 25.6. The van der Waals surface area contributed by atoms with Gasteiger partial charge in [-0.15, -0.1) is 0 Å². The predicted octanol–water partition coefficient (Wildman–Crippen LogP) is 8.63. The number of hydrogen-bond acceptors (Lipinski definition) is 4. The lowest BCUT2D eigenvalue weighted by Gasteiger charge is -2.38. The van der Waals surface area contributed by atoms with Crippen molar-refractivity contribution in [3.8, 4) is 11.5 Å². The summed E-state index contributed by atoms with van der Waals surface area (Å²) in [6.07, 6.45) is 5.77. The summed E-state index contributed by atoms with van der Waals surface area (Å²) in [7, 11) is 3.51. The van der Waals surface area contributed by atoms with E-state index in [-0.39, 0.29) is 24.3 Å². The molecule has 0 aliphatic carbocycles. The summed E-state index contributed by atoms with van der Waals surface area (Å²) in [5, 5.41) is 0.620. The van der Waals surface area contributed by atoms with Crippen molar-refractivity contribution < 1.29 is 18.7 Å². The molecule has 3 aromatic rings. The Kier molecular flexibility index (Phi) is 10.1. The van der Waals surface area contributed by atoms with Gasteiger partial charge in [0.2, 0.25) is 5.91 Å². The van der Waals surface area contributed by atoms with Gasteiger partial charge in [-0.05, 0) is 85.5 Å². The summed E-state index contributed by atoms with van der Waals surface area (Å²) < 4.78 is 26.3. The normalized spacial score (nSPS) is 16.1. The fourth-order valence-corrected chi connectivity index (χ4v) is 5.25. The molecule has 0 N–H and O–H groups in total. The van der Waals surface area contributed by atoms with Gasteiger partial charge in [-0.2, -0.15) is 0 Å². The van der Waals surface area contributed by atoms with Gasteiger partial charge in [0.1, 0.15) is 5.83 Å². The summed E-state index contributed by atoms with van der Waals surface area (Å²) in [5.41, 5.74) is 4.97. The third kappa shape index (κ3) is 6.71. The molecule has 220 valence electrons. The molecule has 1 unspecified atom stereocenters. The Morgan fingerprint density at radius 1 is 1.17 bits per heavy atom. The molecular formula is C35H38ClFN2O3. The van der Waals surface area contributed by atoms with E-state index < -0.39 is 6.04 Å². The van der Waals surface area contributed by atoms with Crippen LogP contribution in [0.4, 0.5) is 15.8 Å². The van der Waals surface area contributed by atoms with E-state index in [4.69, 9.17) is 21.1 Å². The fourth-order valence-electron chi connectivity index (χ4n) is 5.13. The largest absolute Gasteiger partial charge is 0.493 e. The maximum absolute atomic E-state index is 14.4. The van der Waals surface area contributed by atoms with Crippen LogP contribution in [-0.2, 0) is 11.2 Å². The fraction of sp³-hybridized carbons (Fsp3) is 0.286. The van der Waals surface area contributed by atoms with Crippen molar-refractivity contribution in [2.75, 3.05) is 30.5 Å². The second-order valence-electron chi connectivity index (χ2n) is 10.4. The topological polar surface area (TPSA) is 42.0 Å². The molecule has 0 aromatic heterocycles. The van der Waals surface area contributed by atoms with Crippen LogP contribution in [0.25, 0.3) is 0 Å². The lowest BCUT2D eigenvalue weighted by atomic mass is 9.86. The number of anilines is 2. The zero-order valence-electron chi connectivity index (χ0n) is 24.9. The van der Waals surface area contributed by atoms with E-state index in [1.54, 1.807) is 26.2 Å². The number of nitrogens with zero attached hydrogens (tertiary/aromatic N) is 2. The Hall–Kier alpha value is -4.03. The Morgan fingerprint density at radius 2 is 1.86 bits per heavy atom. The summed E-state index contributed by atoms with van der Waals surface area (Å²) >= 11 is 6.24. The molecule has 1 amide bonds. The van der Waals surface area contributed by atoms with Gasteiger partial charge in [0.05, 0.1) is 25.7 Å². The van der Waals surface area contributed by atoms with Crippen LogP contribution < -0.4 is 19.3 Å². The minimum absolute atomic E-state index is 0.0000703. The predicted molar refractivity (Wildman–Crippen MR) is 171 cm³/mol. The second kappa shape index (κ2) is 13.8. The number of rotatable bonds is 11. The molecule has 0 bridgehead atoms. The summed E-state index contributed by atoms with van der Waals surface area (Å²) in [4.78, 5) is 17.6. The van der Waals surface area contributed by atoms with Crippen LogP contribution in [0, 0.1) is 0 Å². The van der Waals surface area contributed by atoms with Gasteiger partial charge in [-0.1, -0.05) is 55.5 Å². The second-order valence-corrected chi connectivity index (χ2v) is 10.8. The van der Waals surface area contributed by atoms with E-state index in [0.717, 1.165) is 34.5 Å². The lowest BCUT2D eigenvalue weighted by Crippen LogP contribution is -2.41. The molecule has 0 saturated carbocycles. The van der Waals surface area contributed by atoms with Crippen LogP contribution in [0.15, 0.2) is 96.9 Å². The van der Waals surface area contributed by atoms with Crippen LogP contribution >= 0.6 is 11.6 Å². The Labute approximate surface area is 253 Å². The smallest absolute Gasteiger partial charge is 0.232 e. The molecule has 7 heteroatoms. The van der Waals surface area contributed by atoms with Gasteiger partial charge in [-0.25, -0.2) is 4.39 Å². The lowest BCUT2D eigenvalue weighted by molar-refractivity contribution is -0.118. The number of carbonyl (C=O) groups excluding carboxylic acids is 1. The average molecular weight is 589 g/mol. The van der Waals surface area contributed by atoms with Gasteiger partial charge < -0.3 is 19.3 Å². The summed E-state index contributed by atoms with van der Waals surface area (Å²) in [5.74, 6) is 0.937. The maximum Gasteiger partial charge on any atom is 0.232 e. The minimum Gasteiger partial charge on any atom is -0.493 e. The van der Waals surface area contributed by atoms with Gasteiger partial charge in [0.15, 0.2) is 11.5 Å². The number of allylic oxidation sites excluding steroid dienone is 3. The number of fused-ring (bicyclic) bond motifs is 1. The number of hydrogen-bond donors (Lipinski definition) is 0. The quantitative estimate of drug-likeness (QED) is 0.210. The number of ether oxygens (including phenoxy) is 2. The first-order valence-electron chi connectivity index (χ1n) is 14.1. The highest BCUT2D eigenvalue weighted by atomic mass is 35.5. The third-order valence-electron chi connectivity index (χ3n) is 7.53. The van der Waals surface area contributed by atoms with E-state index in [0.29, 0.717) is 28.6 Å². The summed E-state index contributed by atoms with van der Waals surface area (Å²) in [6.45, 7) is 9.83. The van der Waals surface area contributed by atoms with Crippen molar-refractivity contribution in [1.29, 1.82) is 0 Å². The number of halogens is 2. The first-order valence-corrected chi connectivity index (χ1v) is 14.5. The van der Waals surface area contributed by atoms with Crippen LogP contribution in [0.3, 0.4) is 0 Å². The minimum atomic E-state index is -0.404. The van der Waals surface area contributed by atoms with Crippen LogP contribution in [0.5, 0.6) is 11.5 Å². The van der Waals surface area contributed by atoms with Gasteiger partial charge >= 0.3 is 0 Å². The molecule has 42 heavy (non-hydrogen) atoms. The number of benzene rings is 3. The number of methoxy groups -OCH3 is 1. The van der Waals surface area contributed by atoms with Crippen molar-refractivity contribution in [3.05, 3.63) is 119 Å². The SMILES string of the molecule is C=C/C=C(CN(C)c1ccc(N2C(=O)Cc3cc(OC)c(O[C@H](C)CC)cc3C2c2ccc(Cl)cc2)cc1)\C(F)=C/C. The molecule has 3 aromatic carbocycles. The van der Waals surface area contributed by atoms with E-state index in [9.17, 15) is 9.18 Å².